The highest BCUT2D eigenvalue weighted by molar-refractivity contribution is 6.15. The van der Waals surface area contributed by atoms with Crippen molar-refractivity contribution in [2.75, 3.05) is 0 Å². The van der Waals surface area contributed by atoms with E-state index >= 15 is 0 Å². The third kappa shape index (κ3) is 5.79. The molecule has 0 saturated carbocycles. The average molecular weight is 941 g/mol. The highest BCUT2D eigenvalue weighted by atomic mass is 15.0. The first-order valence-corrected chi connectivity index (χ1v) is 24.9. The molecule has 6 nitrogen and oxygen atoms in total. The highest BCUT2D eigenvalue weighted by Crippen LogP contribution is 2.49. The number of nitriles is 2. The van der Waals surface area contributed by atoms with Gasteiger partial charge in [0.25, 0.3) is 0 Å². The van der Waals surface area contributed by atoms with Crippen molar-refractivity contribution in [3.8, 4) is 57.1 Å². The predicted octanol–water partition coefficient (Wildman–Crippen LogP) is 17.2. The Balaban J connectivity index is 1.14. The molecule has 0 aliphatic carbocycles. The smallest absolute Gasteiger partial charge is 0.102 e. The molecular formula is C68H40N6. The van der Waals surface area contributed by atoms with Gasteiger partial charge in [-0.2, -0.15) is 10.5 Å². The zero-order valence-corrected chi connectivity index (χ0v) is 39.8. The zero-order valence-electron chi connectivity index (χ0n) is 39.8. The van der Waals surface area contributed by atoms with Crippen molar-refractivity contribution in [3.05, 3.63) is 254 Å². The monoisotopic (exact) mass is 940 g/mol. The Labute approximate surface area is 424 Å². The van der Waals surface area contributed by atoms with E-state index in [0.29, 0.717) is 33.6 Å². The maximum Gasteiger partial charge on any atom is 0.102 e. The molecule has 0 saturated heterocycles. The van der Waals surface area contributed by atoms with E-state index in [9.17, 15) is 10.5 Å². The minimum Gasteiger partial charge on any atom is -0.309 e. The summed E-state index contributed by atoms with van der Waals surface area (Å²) < 4.78 is 9.10. The van der Waals surface area contributed by atoms with Crippen molar-refractivity contribution in [2.45, 2.75) is 0 Å². The summed E-state index contributed by atoms with van der Waals surface area (Å²) in [6.45, 7) is 0. The van der Waals surface area contributed by atoms with Gasteiger partial charge in [0.15, 0.2) is 0 Å². The van der Waals surface area contributed by atoms with Crippen molar-refractivity contribution < 1.29 is 0 Å². The molecule has 0 fully saturated rings. The van der Waals surface area contributed by atoms with E-state index in [-0.39, 0.29) is 0 Å². The standard InChI is InChI=1S/C68H40N6/c69-41-55-65(43-19-17-21-45(39-43)71-57-31-9-1-23-47(57)48-24-2-10-32-58(48)71)67(73-61-35-13-5-27-51(61)52-28-6-14-36-62(52)73)56(42-70)66(68(55)74-63-37-15-7-29-53(63)54-30-8-16-38-64(54)74)44-20-18-22-46(40-44)72-59-33-11-3-25-49(59)50-26-4-12-34-60(50)72/h1-40H. The molecule has 0 aliphatic rings. The van der Waals surface area contributed by atoms with Gasteiger partial charge in [-0.15, -0.1) is 0 Å². The molecule has 0 bridgehead atoms. The minimum atomic E-state index is 0.448. The summed E-state index contributed by atoms with van der Waals surface area (Å²) in [5.41, 5.74) is 15.1. The van der Waals surface area contributed by atoms with Crippen LogP contribution in [0.1, 0.15) is 11.1 Å². The number of rotatable bonds is 6. The van der Waals surface area contributed by atoms with E-state index in [4.69, 9.17) is 0 Å². The van der Waals surface area contributed by atoms with Gasteiger partial charge in [0.1, 0.15) is 12.1 Å². The molecule has 0 spiro atoms. The number of para-hydroxylation sites is 8. The van der Waals surface area contributed by atoms with Crippen molar-refractivity contribution in [2.24, 2.45) is 0 Å². The van der Waals surface area contributed by atoms with Gasteiger partial charge in [0.05, 0.1) is 66.6 Å². The van der Waals surface area contributed by atoms with E-state index < -0.39 is 0 Å². The molecule has 0 radical (unpaired) electrons. The Morgan fingerprint density at radius 1 is 0.243 bits per heavy atom. The van der Waals surface area contributed by atoms with Crippen LogP contribution < -0.4 is 0 Å². The van der Waals surface area contributed by atoms with E-state index in [1.807, 2.05) is 0 Å². The molecule has 342 valence electrons. The van der Waals surface area contributed by atoms with Gasteiger partial charge in [0.2, 0.25) is 0 Å². The van der Waals surface area contributed by atoms with Gasteiger partial charge < -0.3 is 18.3 Å². The van der Waals surface area contributed by atoms with Gasteiger partial charge in [-0.05, 0) is 83.9 Å². The van der Waals surface area contributed by atoms with Gasteiger partial charge in [-0.1, -0.05) is 170 Å². The fourth-order valence-electron chi connectivity index (χ4n) is 12.3. The maximum atomic E-state index is 12.4. The first kappa shape index (κ1) is 41.4. The summed E-state index contributed by atoms with van der Waals surface area (Å²) in [6, 6.07) is 90.5. The van der Waals surface area contributed by atoms with Crippen molar-refractivity contribution in [1.82, 2.24) is 18.3 Å². The Morgan fingerprint density at radius 3 is 0.716 bits per heavy atom. The Hall–Kier alpha value is -10.4. The maximum absolute atomic E-state index is 12.4. The average Bonchev–Trinajstić information content (AvgIpc) is 4.21. The van der Waals surface area contributed by atoms with Crippen LogP contribution in [0.2, 0.25) is 0 Å². The molecule has 0 N–H and O–H groups in total. The van der Waals surface area contributed by atoms with Crippen molar-refractivity contribution >= 4 is 87.2 Å². The molecule has 0 unspecified atom stereocenters. The molecule has 0 atom stereocenters. The molecule has 0 aliphatic heterocycles. The molecule has 0 amide bonds. The zero-order chi connectivity index (χ0) is 49.0. The largest absolute Gasteiger partial charge is 0.309 e. The number of aromatic nitrogens is 4. The summed E-state index contributed by atoms with van der Waals surface area (Å²) >= 11 is 0. The number of fused-ring (bicyclic) bond motifs is 12. The van der Waals surface area contributed by atoms with Crippen LogP contribution in [-0.2, 0) is 0 Å². The molecule has 4 heterocycles. The number of nitrogens with zero attached hydrogens (tertiary/aromatic N) is 6. The van der Waals surface area contributed by atoms with Gasteiger partial charge in [-0.3, -0.25) is 0 Å². The molecule has 11 aromatic carbocycles. The second kappa shape index (κ2) is 16.1. The molecule has 15 aromatic rings. The number of benzene rings is 11. The topological polar surface area (TPSA) is 67.3 Å². The minimum absolute atomic E-state index is 0.448. The van der Waals surface area contributed by atoms with E-state index in [1.54, 1.807) is 0 Å². The SMILES string of the molecule is N#Cc1c(-c2cccc(-n3c4ccccc4c4ccccc43)c2)c(-n2c3ccccc3c3ccccc32)c(C#N)c(-c2cccc(-n3c4ccccc4c4ccccc43)c2)c1-n1c2ccccc2c2ccccc21. The second-order valence-electron chi connectivity index (χ2n) is 19.0. The Morgan fingerprint density at radius 2 is 0.473 bits per heavy atom. The van der Waals surface area contributed by atoms with E-state index in [2.05, 4.69) is 273 Å². The summed E-state index contributed by atoms with van der Waals surface area (Å²) in [5, 5.41) is 33.6. The fraction of sp³-hybridized carbons (Fsp3) is 0. The molecule has 15 rings (SSSR count). The van der Waals surface area contributed by atoms with Gasteiger partial charge in [0, 0.05) is 65.6 Å². The van der Waals surface area contributed by atoms with Crippen LogP contribution in [-0.4, -0.2) is 18.3 Å². The molecule has 6 heteroatoms. The molecular weight excluding hydrogens is 901 g/mol. The van der Waals surface area contributed by atoms with Crippen molar-refractivity contribution in [1.29, 1.82) is 10.5 Å². The van der Waals surface area contributed by atoms with Crippen LogP contribution in [0.25, 0.3) is 132 Å². The summed E-state index contributed by atoms with van der Waals surface area (Å²) in [4.78, 5) is 0. The first-order chi connectivity index (χ1) is 36.7. The lowest BCUT2D eigenvalue weighted by Gasteiger charge is -2.25. The fourth-order valence-corrected chi connectivity index (χ4v) is 12.3. The number of hydrogen-bond donors (Lipinski definition) is 0. The summed E-state index contributed by atoms with van der Waals surface area (Å²) in [5.74, 6) is 0. The van der Waals surface area contributed by atoms with Crippen LogP contribution in [0.3, 0.4) is 0 Å². The quantitative estimate of drug-likeness (QED) is 0.167. The van der Waals surface area contributed by atoms with Gasteiger partial charge >= 0.3 is 0 Å². The predicted molar refractivity (Wildman–Crippen MR) is 304 cm³/mol. The lowest BCUT2D eigenvalue weighted by molar-refractivity contribution is 1.12. The second-order valence-corrected chi connectivity index (χ2v) is 19.0. The summed E-state index contributed by atoms with van der Waals surface area (Å²) in [7, 11) is 0. The first-order valence-electron chi connectivity index (χ1n) is 24.9. The van der Waals surface area contributed by atoms with E-state index in [1.165, 1.54) is 0 Å². The van der Waals surface area contributed by atoms with Crippen LogP contribution in [0, 0.1) is 22.7 Å². The summed E-state index contributed by atoms with van der Waals surface area (Å²) in [6.07, 6.45) is 0. The highest BCUT2D eigenvalue weighted by Gasteiger charge is 2.32. The van der Waals surface area contributed by atoms with Crippen LogP contribution in [0.5, 0.6) is 0 Å². The number of hydrogen-bond acceptors (Lipinski definition) is 2. The normalized spacial score (nSPS) is 11.8. The third-order valence-electron chi connectivity index (χ3n) is 15.2. The van der Waals surface area contributed by atoms with Crippen molar-refractivity contribution in [3.63, 3.8) is 0 Å². The third-order valence-corrected chi connectivity index (χ3v) is 15.2. The van der Waals surface area contributed by atoms with Gasteiger partial charge in [-0.25, -0.2) is 0 Å². The lowest BCUT2D eigenvalue weighted by Crippen LogP contribution is -2.11. The van der Waals surface area contributed by atoms with Crippen LogP contribution >= 0.6 is 0 Å². The Bertz CT molecular complexity index is 4420. The van der Waals surface area contributed by atoms with Crippen LogP contribution in [0.15, 0.2) is 243 Å². The van der Waals surface area contributed by atoms with E-state index in [0.717, 1.165) is 110 Å². The Kier molecular flexibility index (Phi) is 8.99. The lowest BCUT2D eigenvalue weighted by atomic mass is 9.86. The van der Waals surface area contributed by atoms with Crippen LogP contribution in [0.4, 0.5) is 0 Å². The molecule has 74 heavy (non-hydrogen) atoms. The molecule has 4 aromatic heterocycles.